The smallest absolute Gasteiger partial charge is 0.162 e. The van der Waals surface area contributed by atoms with Crippen molar-refractivity contribution in [1.29, 1.82) is 5.26 Å². The standard InChI is InChI=1S/C24H19BrFNO2/c1-2-28-23-13-18(12-19(15-27)20-10-6-7-11-22(20)26)21(25)14-24(23)29-16-17-8-4-3-5-9-17/h3-14H,2,16H2,1H3. The minimum Gasteiger partial charge on any atom is -0.490 e. The molecule has 0 amide bonds. The first-order valence-electron chi connectivity index (χ1n) is 9.12. The Morgan fingerprint density at radius 3 is 2.41 bits per heavy atom. The summed E-state index contributed by atoms with van der Waals surface area (Å²) < 4.78 is 26.5. The summed E-state index contributed by atoms with van der Waals surface area (Å²) in [5.41, 5.74) is 2.22. The van der Waals surface area contributed by atoms with Crippen LogP contribution in [0.5, 0.6) is 11.5 Å². The molecular formula is C24H19BrFNO2. The first kappa shape index (κ1) is 20.6. The zero-order valence-electron chi connectivity index (χ0n) is 15.9. The van der Waals surface area contributed by atoms with E-state index in [1.54, 1.807) is 36.4 Å². The molecule has 0 atom stereocenters. The minimum atomic E-state index is -0.440. The fourth-order valence-electron chi connectivity index (χ4n) is 2.78. The topological polar surface area (TPSA) is 42.2 Å². The lowest BCUT2D eigenvalue weighted by molar-refractivity contribution is 0.269. The molecule has 3 nitrogen and oxygen atoms in total. The molecule has 3 aromatic rings. The third-order valence-corrected chi connectivity index (χ3v) is 4.87. The van der Waals surface area contributed by atoms with Gasteiger partial charge < -0.3 is 9.47 Å². The lowest BCUT2D eigenvalue weighted by Crippen LogP contribution is -2.00. The highest BCUT2D eigenvalue weighted by molar-refractivity contribution is 9.10. The molecule has 0 unspecified atom stereocenters. The number of halogens is 2. The Bertz CT molecular complexity index is 1060. The Morgan fingerprint density at radius 2 is 1.72 bits per heavy atom. The summed E-state index contributed by atoms with van der Waals surface area (Å²) in [5.74, 6) is 0.706. The van der Waals surface area contributed by atoms with Gasteiger partial charge in [0.15, 0.2) is 11.5 Å². The fourth-order valence-corrected chi connectivity index (χ4v) is 3.22. The van der Waals surface area contributed by atoms with Crippen molar-refractivity contribution in [3.05, 3.63) is 93.7 Å². The van der Waals surface area contributed by atoms with Crippen LogP contribution in [0.3, 0.4) is 0 Å². The lowest BCUT2D eigenvalue weighted by Gasteiger charge is -2.14. The van der Waals surface area contributed by atoms with Crippen LogP contribution < -0.4 is 9.47 Å². The third-order valence-electron chi connectivity index (χ3n) is 4.18. The van der Waals surface area contributed by atoms with Crippen molar-refractivity contribution in [3.8, 4) is 17.6 Å². The SMILES string of the molecule is CCOc1cc(C=C(C#N)c2ccccc2F)c(Br)cc1OCc1ccccc1. The Balaban J connectivity index is 1.95. The zero-order chi connectivity index (χ0) is 20.6. The molecule has 3 aromatic carbocycles. The summed E-state index contributed by atoms with van der Waals surface area (Å²) in [4.78, 5) is 0. The van der Waals surface area contributed by atoms with Crippen LogP contribution in [0, 0.1) is 17.1 Å². The number of benzene rings is 3. The van der Waals surface area contributed by atoms with Gasteiger partial charge in [0.2, 0.25) is 0 Å². The van der Waals surface area contributed by atoms with Crippen LogP contribution in [-0.4, -0.2) is 6.61 Å². The van der Waals surface area contributed by atoms with E-state index in [1.807, 2.05) is 37.3 Å². The Labute approximate surface area is 178 Å². The molecule has 0 aromatic heterocycles. The second-order valence-electron chi connectivity index (χ2n) is 6.18. The van der Waals surface area contributed by atoms with Gasteiger partial charge in [0.05, 0.1) is 18.2 Å². The molecule has 0 heterocycles. The van der Waals surface area contributed by atoms with Gasteiger partial charge in [-0.1, -0.05) is 64.5 Å². The molecule has 29 heavy (non-hydrogen) atoms. The van der Waals surface area contributed by atoms with Crippen molar-refractivity contribution in [2.45, 2.75) is 13.5 Å². The largest absolute Gasteiger partial charge is 0.490 e. The maximum atomic E-state index is 14.1. The van der Waals surface area contributed by atoms with Gasteiger partial charge in [-0.05, 0) is 42.3 Å². The van der Waals surface area contributed by atoms with Crippen LogP contribution in [0.25, 0.3) is 11.6 Å². The van der Waals surface area contributed by atoms with Gasteiger partial charge in [0.1, 0.15) is 12.4 Å². The molecular weight excluding hydrogens is 433 g/mol. The van der Waals surface area contributed by atoms with E-state index in [9.17, 15) is 9.65 Å². The molecule has 0 N–H and O–H groups in total. The highest BCUT2D eigenvalue weighted by Gasteiger charge is 2.13. The van der Waals surface area contributed by atoms with Crippen LogP contribution in [0.2, 0.25) is 0 Å². The van der Waals surface area contributed by atoms with E-state index in [0.29, 0.717) is 34.7 Å². The molecule has 0 fully saturated rings. The molecule has 0 saturated heterocycles. The van der Waals surface area contributed by atoms with Gasteiger partial charge in [-0.2, -0.15) is 5.26 Å². The number of hydrogen-bond donors (Lipinski definition) is 0. The predicted molar refractivity (Wildman–Crippen MR) is 116 cm³/mol. The Kier molecular flexibility index (Phi) is 7.04. The average molecular weight is 452 g/mol. The molecule has 0 spiro atoms. The molecule has 0 aliphatic rings. The molecule has 0 aliphatic carbocycles. The average Bonchev–Trinajstić information content (AvgIpc) is 2.74. The van der Waals surface area contributed by atoms with E-state index < -0.39 is 5.82 Å². The summed E-state index contributed by atoms with van der Waals surface area (Å²) in [6.45, 7) is 2.75. The normalized spacial score (nSPS) is 11.0. The highest BCUT2D eigenvalue weighted by Crippen LogP contribution is 2.36. The molecule has 5 heteroatoms. The van der Waals surface area contributed by atoms with Gasteiger partial charge in [0.25, 0.3) is 0 Å². The molecule has 0 saturated carbocycles. The van der Waals surface area contributed by atoms with Crippen LogP contribution in [0.15, 0.2) is 71.2 Å². The Hall–Kier alpha value is -3.10. The first-order valence-corrected chi connectivity index (χ1v) is 9.91. The van der Waals surface area contributed by atoms with Crippen LogP contribution >= 0.6 is 15.9 Å². The predicted octanol–water partition coefficient (Wildman–Crippen LogP) is 6.63. The van der Waals surface area contributed by atoms with Gasteiger partial charge >= 0.3 is 0 Å². The quantitative estimate of drug-likeness (QED) is 0.299. The number of nitriles is 1. The van der Waals surface area contributed by atoms with Crippen LogP contribution in [0.4, 0.5) is 4.39 Å². The Morgan fingerprint density at radius 1 is 1.03 bits per heavy atom. The van der Waals surface area contributed by atoms with E-state index >= 15 is 0 Å². The summed E-state index contributed by atoms with van der Waals surface area (Å²) >= 11 is 3.52. The first-order chi connectivity index (χ1) is 14.1. The van der Waals surface area contributed by atoms with Crippen LogP contribution in [-0.2, 0) is 6.61 Å². The molecule has 0 radical (unpaired) electrons. The van der Waals surface area contributed by atoms with Crippen molar-refractivity contribution >= 4 is 27.6 Å². The number of nitrogens with zero attached hydrogens (tertiary/aromatic N) is 1. The molecule has 146 valence electrons. The molecule has 0 aliphatic heterocycles. The molecule has 0 bridgehead atoms. The number of allylic oxidation sites excluding steroid dienone is 1. The summed E-state index contributed by atoms with van der Waals surface area (Å²) in [7, 11) is 0. The highest BCUT2D eigenvalue weighted by atomic mass is 79.9. The van der Waals surface area contributed by atoms with Crippen molar-refractivity contribution in [1.82, 2.24) is 0 Å². The van der Waals surface area contributed by atoms with E-state index in [4.69, 9.17) is 9.47 Å². The lowest BCUT2D eigenvalue weighted by atomic mass is 10.0. The van der Waals surface area contributed by atoms with Gasteiger partial charge in [-0.15, -0.1) is 0 Å². The van der Waals surface area contributed by atoms with E-state index in [-0.39, 0.29) is 11.1 Å². The van der Waals surface area contributed by atoms with Crippen molar-refractivity contribution < 1.29 is 13.9 Å². The third kappa shape index (κ3) is 5.24. The van der Waals surface area contributed by atoms with E-state index in [0.717, 1.165) is 5.56 Å². The maximum Gasteiger partial charge on any atom is 0.162 e. The fraction of sp³-hybridized carbons (Fsp3) is 0.125. The zero-order valence-corrected chi connectivity index (χ0v) is 17.4. The van der Waals surface area contributed by atoms with Crippen molar-refractivity contribution in [2.24, 2.45) is 0 Å². The second-order valence-corrected chi connectivity index (χ2v) is 7.03. The number of ether oxygens (including phenoxy) is 2. The minimum absolute atomic E-state index is 0.226. The van der Waals surface area contributed by atoms with Gasteiger partial charge in [-0.3, -0.25) is 0 Å². The summed E-state index contributed by atoms with van der Waals surface area (Å²) in [5, 5.41) is 9.54. The van der Waals surface area contributed by atoms with Gasteiger partial charge in [0, 0.05) is 10.0 Å². The number of rotatable bonds is 7. The summed E-state index contributed by atoms with van der Waals surface area (Å²) in [6.07, 6.45) is 1.63. The number of hydrogen-bond acceptors (Lipinski definition) is 3. The van der Waals surface area contributed by atoms with E-state index in [1.165, 1.54) is 6.07 Å². The van der Waals surface area contributed by atoms with Crippen molar-refractivity contribution in [2.75, 3.05) is 6.61 Å². The monoisotopic (exact) mass is 451 g/mol. The van der Waals surface area contributed by atoms with E-state index in [2.05, 4.69) is 22.0 Å². The molecule has 3 rings (SSSR count). The maximum absolute atomic E-state index is 14.1. The van der Waals surface area contributed by atoms with Crippen molar-refractivity contribution in [3.63, 3.8) is 0 Å². The second kappa shape index (κ2) is 9.90. The van der Waals surface area contributed by atoms with Crippen LogP contribution in [0.1, 0.15) is 23.6 Å². The van der Waals surface area contributed by atoms with Gasteiger partial charge in [-0.25, -0.2) is 4.39 Å². The summed E-state index contributed by atoms with van der Waals surface area (Å²) in [6, 6.07) is 21.7.